The fourth-order valence-corrected chi connectivity index (χ4v) is 2.34. The van der Waals surface area contributed by atoms with Crippen LogP contribution in [0.4, 0.5) is 17.3 Å². The molecule has 0 saturated heterocycles. The second kappa shape index (κ2) is 8.18. The number of hydrogen-bond donors (Lipinski definition) is 3. The Balaban J connectivity index is 2.40. The maximum Gasteiger partial charge on any atom is 0.151 e. The van der Waals surface area contributed by atoms with Gasteiger partial charge in [0.2, 0.25) is 0 Å². The number of nitrogens with zero attached hydrogens (tertiary/aromatic N) is 2. The molecule has 0 radical (unpaired) electrons. The van der Waals surface area contributed by atoms with Crippen molar-refractivity contribution < 1.29 is 9.84 Å². The number of aliphatic hydroxyl groups excluding tert-OH is 1. The van der Waals surface area contributed by atoms with Gasteiger partial charge in [-0.3, -0.25) is 0 Å². The topological polar surface area (TPSA) is 90.2 Å². The first-order chi connectivity index (χ1) is 11.6. The van der Waals surface area contributed by atoms with Crippen molar-refractivity contribution in [3.05, 3.63) is 41.5 Å². The molecule has 2 rings (SSSR count). The molecule has 1 heterocycles. The Morgan fingerprint density at radius 3 is 2.75 bits per heavy atom. The van der Waals surface area contributed by atoms with Gasteiger partial charge in [-0.05, 0) is 37.1 Å². The van der Waals surface area contributed by atoms with Crippen LogP contribution in [-0.2, 0) is 0 Å². The third kappa shape index (κ3) is 3.94. The first kappa shape index (κ1) is 17.6. The van der Waals surface area contributed by atoms with Gasteiger partial charge >= 0.3 is 0 Å². The summed E-state index contributed by atoms with van der Waals surface area (Å²) >= 11 is 0. The summed E-state index contributed by atoms with van der Waals surface area (Å²) in [6, 6.07) is 11.4. The fourth-order valence-electron chi connectivity index (χ4n) is 2.34. The number of ether oxygens (including phenoxy) is 1. The molecule has 0 aliphatic rings. The van der Waals surface area contributed by atoms with Crippen LogP contribution in [0.15, 0.2) is 30.3 Å². The average molecular weight is 326 g/mol. The highest BCUT2D eigenvalue weighted by Gasteiger charge is 2.14. The summed E-state index contributed by atoms with van der Waals surface area (Å²) in [4.78, 5) is 4.50. The first-order valence-corrected chi connectivity index (χ1v) is 7.82. The van der Waals surface area contributed by atoms with Crippen LogP contribution in [0.2, 0.25) is 0 Å². The Labute approximate surface area is 142 Å². The lowest BCUT2D eigenvalue weighted by atomic mass is 10.1. The number of aryl methyl sites for hydroxylation is 1. The molecule has 6 heteroatoms. The van der Waals surface area contributed by atoms with Gasteiger partial charge in [0, 0.05) is 0 Å². The van der Waals surface area contributed by atoms with Crippen molar-refractivity contribution in [3.8, 4) is 11.8 Å². The Kier molecular flexibility index (Phi) is 5.99. The van der Waals surface area contributed by atoms with Crippen LogP contribution in [0.1, 0.15) is 24.5 Å². The molecule has 6 nitrogen and oxygen atoms in total. The largest absolute Gasteiger partial charge is 0.495 e. The molecule has 2 aromatic rings. The molecule has 0 spiro atoms. The van der Waals surface area contributed by atoms with E-state index in [0.29, 0.717) is 22.9 Å². The van der Waals surface area contributed by atoms with Crippen molar-refractivity contribution in [2.45, 2.75) is 26.3 Å². The minimum Gasteiger partial charge on any atom is -0.495 e. The zero-order valence-corrected chi connectivity index (χ0v) is 14.1. The molecule has 126 valence electrons. The number of nitriles is 1. The van der Waals surface area contributed by atoms with Crippen molar-refractivity contribution in [2.75, 3.05) is 24.4 Å². The molecule has 0 aliphatic heterocycles. The van der Waals surface area contributed by atoms with E-state index in [9.17, 15) is 10.4 Å². The predicted octanol–water partition coefficient (Wildman–Crippen LogP) is 3.20. The zero-order chi connectivity index (χ0) is 17.5. The van der Waals surface area contributed by atoms with E-state index in [1.807, 2.05) is 44.2 Å². The van der Waals surface area contributed by atoms with Crippen LogP contribution in [0.5, 0.6) is 5.75 Å². The number of para-hydroxylation sites is 2. The average Bonchev–Trinajstić information content (AvgIpc) is 2.60. The van der Waals surface area contributed by atoms with Gasteiger partial charge < -0.3 is 20.5 Å². The van der Waals surface area contributed by atoms with Gasteiger partial charge in [0.05, 0.1) is 31.0 Å². The van der Waals surface area contributed by atoms with Gasteiger partial charge in [-0.25, -0.2) is 4.98 Å². The van der Waals surface area contributed by atoms with Crippen molar-refractivity contribution in [2.24, 2.45) is 0 Å². The quantitative estimate of drug-likeness (QED) is 0.724. The van der Waals surface area contributed by atoms with Gasteiger partial charge in [-0.2, -0.15) is 5.26 Å². The van der Waals surface area contributed by atoms with Crippen LogP contribution in [0.25, 0.3) is 0 Å². The molecule has 0 fully saturated rings. The van der Waals surface area contributed by atoms with Crippen LogP contribution >= 0.6 is 0 Å². The molecule has 24 heavy (non-hydrogen) atoms. The lowest BCUT2D eigenvalue weighted by Gasteiger charge is -2.18. The Hall–Kier alpha value is -2.78. The van der Waals surface area contributed by atoms with E-state index < -0.39 is 0 Å². The second-order valence-electron chi connectivity index (χ2n) is 5.42. The highest BCUT2D eigenvalue weighted by molar-refractivity contribution is 5.70. The van der Waals surface area contributed by atoms with E-state index in [-0.39, 0.29) is 12.6 Å². The molecule has 1 unspecified atom stereocenters. The minimum absolute atomic E-state index is 0.0203. The Morgan fingerprint density at radius 2 is 2.12 bits per heavy atom. The van der Waals surface area contributed by atoms with Crippen LogP contribution in [0, 0.1) is 18.3 Å². The highest BCUT2D eigenvalue weighted by atomic mass is 16.5. The predicted molar refractivity (Wildman–Crippen MR) is 94.8 cm³/mol. The van der Waals surface area contributed by atoms with Gasteiger partial charge in [-0.1, -0.05) is 19.1 Å². The number of aromatic nitrogens is 1. The smallest absolute Gasteiger partial charge is 0.151 e. The SMILES string of the molecule is CCC(CO)Nc1cc(C)c(C#N)c(Nc2ccccc2OC)n1. The molecule has 1 aromatic carbocycles. The van der Waals surface area contributed by atoms with E-state index in [0.717, 1.165) is 17.7 Å². The standard InChI is InChI=1S/C18H22N4O2/c1-4-13(11-23)20-17-9-12(2)14(10-19)18(22-17)21-15-7-5-6-8-16(15)24-3/h5-9,13,23H,4,11H2,1-3H3,(H2,20,21,22). The number of rotatable bonds is 7. The number of anilines is 3. The summed E-state index contributed by atoms with van der Waals surface area (Å²) in [6.45, 7) is 3.86. The number of hydrogen-bond acceptors (Lipinski definition) is 6. The number of pyridine rings is 1. The molecule has 1 atom stereocenters. The van der Waals surface area contributed by atoms with Crippen LogP contribution in [-0.4, -0.2) is 29.8 Å². The molecule has 0 bridgehead atoms. The summed E-state index contributed by atoms with van der Waals surface area (Å²) in [6.07, 6.45) is 0.770. The van der Waals surface area contributed by atoms with Crippen LogP contribution in [0.3, 0.4) is 0 Å². The van der Waals surface area contributed by atoms with Gasteiger partial charge in [-0.15, -0.1) is 0 Å². The molecular formula is C18H22N4O2. The van der Waals surface area contributed by atoms with Gasteiger partial charge in [0.25, 0.3) is 0 Å². The van der Waals surface area contributed by atoms with E-state index in [2.05, 4.69) is 21.7 Å². The van der Waals surface area contributed by atoms with Gasteiger partial charge in [0.1, 0.15) is 17.6 Å². The molecule has 0 aliphatic carbocycles. The Morgan fingerprint density at radius 1 is 1.38 bits per heavy atom. The maximum absolute atomic E-state index is 9.45. The fraction of sp³-hybridized carbons (Fsp3) is 0.333. The minimum atomic E-state index is -0.0797. The maximum atomic E-state index is 9.45. The number of methoxy groups -OCH3 is 1. The van der Waals surface area contributed by atoms with Crippen molar-refractivity contribution in [3.63, 3.8) is 0 Å². The summed E-state index contributed by atoms with van der Waals surface area (Å²) in [7, 11) is 1.59. The van der Waals surface area contributed by atoms with Crippen molar-refractivity contribution >= 4 is 17.3 Å². The summed E-state index contributed by atoms with van der Waals surface area (Å²) < 4.78 is 5.33. The summed E-state index contributed by atoms with van der Waals surface area (Å²) in [5.41, 5.74) is 2.01. The number of benzene rings is 1. The number of aliphatic hydroxyl groups is 1. The second-order valence-corrected chi connectivity index (χ2v) is 5.42. The van der Waals surface area contributed by atoms with Crippen molar-refractivity contribution in [1.82, 2.24) is 4.98 Å². The molecular weight excluding hydrogens is 304 g/mol. The third-order valence-corrected chi connectivity index (χ3v) is 3.75. The Bertz CT molecular complexity index is 736. The molecule has 0 saturated carbocycles. The molecule has 3 N–H and O–H groups in total. The molecule has 1 aromatic heterocycles. The van der Waals surface area contributed by atoms with Gasteiger partial charge in [0.15, 0.2) is 5.82 Å². The van der Waals surface area contributed by atoms with Crippen LogP contribution < -0.4 is 15.4 Å². The zero-order valence-electron chi connectivity index (χ0n) is 14.1. The van der Waals surface area contributed by atoms with Crippen molar-refractivity contribution in [1.29, 1.82) is 5.26 Å². The number of nitrogens with one attached hydrogen (secondary N) is 2. The first-order valence-electron chi connectivity index (χ1n) is 7.82. The van der Waals surface area contributed by atoms with E-state index >= 15 is 0 Å². The molecule has 0 amide bonds. The lowest BCUT2D eigenvalue weighted by molar-refractivity contribution is 0.271. The third-order valence-electron chi connectivity index (χ3n) is 3.75. The highest BCUT2D eigenvalue weighted by Crippen LogP contribution is 2.29. The summed E-state index contributed by atoms with van der Waals surface area (Å²) in [5, 5.41) is 25.2. The van der Waals surface area contributed by atoms with E-state index in [1.165, 1.54) is 0 Å². The normalized spacial score (nSPS) is 11.5. The van der Waals surface area contributed by atoms with E-state index in [1.54, 1.807) is 7.11 Å². The monoisotopic (exact) mass is 326 g/mol. The van der Waals surface area contributed by atoms with E-state index in [4.69, 9.17) is 4.74 Å². The summed E-state index contributed by atoms with van der Waals surface area (Å²) in [5.74, 6) is 1.74. The lowest BCUT2D eigenvalue weighted by Crippen LogP contribution is -2.23.